The Labute approximate surface area is 126 Å². The van der Waals surface area contributed by atoms with Gasteiger partial charge in [-0.05, 0) is 46.3 Å². The first-order valence-electron chi connectivity index (χ1n) is 5.16. The lowest BCUT2D eigenvalue weighted by molar-refractivity contribution is 0.103. The molecule has 0 spiro atoms. The van der Waals surface area contributed by atoms with Crippen molar-refractivity contribution in [3.05, 3.63) is 44.8 Å². The Morgan fingerprint density at radius 3 is 2.55 bits per heavy atom. The van der Waals surface area contributed by atoms with E-state index < -0.39 is 26.6 Å². The lowest BCUT2D eigenvalue weighted by atomic mass is 10.3. The molecule has 0 aliphatic rings. The van der Waals surface area contributed by atoms with Gasteiger partial charge >= 0.3 is 0 Å². The van der Waals surface area contributed by atoms with E-state index in [1.807, 2.05) is 0 Å². The van der Waals surface area contributed by atoms with Gasteiger partial charge in [-0.15, -0.1) is 11.3 Å². The predicted octanol–water partition coefficient (Wildman–Crippen LogP) is 2.55. The molecular weight excluding hydrogens is 371 g/mol. The summed E-state index contributed by atoms with van der Waals surface area (Å²) in [6.07, 6.45) is 0. The molecule has 5 nitrogen and oxygen atoms in total. The molecule has 0 unspecified atom stereocenters. The molecule has 1 aromatic carbocycles. The second-order valence-corrected chi connectivity index (χ2v) is 7.80. The lowest BCUT2D eigenvalue weighted by Gasteiger charge is -2.06. The number of rotatable bonds is 3. The van der Waals surface area contributed by atoms with Crippen molar-refractivity contribution in [2.24, 2.45) is 5.14 Å². The molecule has 0 saturated carbocycles. The summed E-state index contributed by atoms with van der Waals surface area (Å²) in [6.45, 7) is 0. The molecule has 3 N–H and O–H groups in total. The van der Waals surface area contributed by atoms with Gasteiger partial charge in [0.25, 0.3) is 5.91 Å². The number of hydrogen-bond acceptors (Lipinski definition) is 4. The highest BCUT2D eigenvalue weighted by molar-refractivity contribution is 9.11. The topological polar surface area (TPSA) is 89.3 Å². The molecule has 2 rings (SSSR count). The average molecular weight is 379 g/mol. The Kier molecular flexibility index (Phi) is 4.23. The Balaban J connectivity index is 2.30. The van der Waals surface area contributed by atoms with E-state index in [0.717, 1.165) is 22.0 Å². The van der Waals surface area contributed by atoms with Crippen LogP contribution in [0.25, 0.3) is 0 Å². The van der Waals surface area contributed by atoms with E-state index in [-0.39, 0.29) is 5.69 Å². The maximum absolute atomic E-state index is 13.3. The number of amides is 1. The molecule has 1 amide bonds. The minimum Gasteiger partial charge on any atom is -0.321 e. The van der Waals surface area contributed by atoms with Gasteiger partial charge in [0, 0.05) is 5.69 Å². The number of halogens is 2. The van der Waals surface area contributed by atoms with Gasteiger partial charge in [0.05, 0.1) is 13.6 Å². The fourth-order valence-electron chi connectivity index (χ4n) is 1.43. The number of sulfonamides is 1. The summed E-state index contributed by atoms with van der Waals surface area (Å²) < 4.78 is 36.5. The summed E-state index contributed by atoms with van der Waals surface area (Å²) in [5.41, 5.74) is 0.0172. The third-order valence-electron chi connectivity index (χ3n) is 2.25. The molecule has 1 aromatic heterocycles. The second kappa shape index (κ2) is 5.60. The Bertz CT molecular complexity index is 774. The maximum Gasteiger partial charge on any atom is 0.265 e. The van der Waals surface area contributed by atoms with Crippen molar-refractivity contribution in [2.75, 3.05) is 5.32 Å². The zero-order chi connectivity index (χ0) is 14.9. The van der Waals surface area contributed by atoms with Crippen molar-refractivity contribution >= 4 is 48.9 Å². The molecule has 0 radical (unpaired) electrons. The first-order valence-corrected chi connectivity index (χ1v) is 8.31. The average Bonchev–Trinajstić information content (AvgIpc) is 2.74. The summed E-state index contributed by atoms with van der Waals surface area (Å²) in [7, 11) is -4.04. The van der Waals surface area contributed by atoms with Crippen molar-refractivity contribution in [1.29, 1.82) is 0 Å². The summed E-state index contributed by atoms with van der Waals surface area (Å²) in [6, 6.07) is 6.17. The number of nitrogens with two attached hydrogens (primary N) is 1. The normalized spacial score (nSPS) is 11.3. The third-order valence-corrected chi connectivity index (χ3v) is 4.77. The molecule has 1 heterocycles. The molecule has 0 saturated heterocycles. The summed E-state index contributed by atoms with van der Waals surface area (Å²) >= 11 is 4.41. The number of anilines is 1. The van der Waals surface area contributed by atoms with Crippen LogP contribution in [0, 0.1) is 5.82 Å². The van der Waals surface area contributed by atoms with Crippen LogP contribution in [-0.2, 0) is 10.0 Å². The first-order chi connectivity index (χ1) is 9.25. The Morgan fingerprint density at radius 2 is 2.00 bits per heavy atom. The number of carbonyl (C=O) groups is 1. The molecule has 0 fully saturated rings. The zero-order valence-corrected chi connectivity index (χ0v) is 13.0. The van der Waals surface area contributed by atoms with E-state index in [1.165, 1.54) is 11.3 Å². The van der Waals surface area contributed by atoms with Crippen LogP contribution in [0.5, 0.6) is 0 Å². The van der Waals surface area contributed by atoms with Crippen LogP contribution in [0.15, 0.2) is 39.0 Å². The summed E-state index contributed by atoms with van der Waals surface area (Å²) in [5, 5.41) is 7.34. The van der Waals surface area contributed by atoms with Gasteiger partial charge in [-0.2, -0.15) is 0 Å². The Hall–Kier alpha value is -1.29. The SMILES string of the molecule is NS(=O)(=O)c1cc(F)cc(NC(=O)c2ccc(Br)s2)c1. The maximum atomic E-state index is 13.3. The zero-order valence-electron chi connectivity index (χ0n) is 9.76. The van der Waals surface area contributed by atoms with Gasteiger partial charge in [-0.25, -0.2) is 17.9 Å². The van der Waals surface area contributed by atoms with Gasteiger partial charge < -0.3 is 5.32 Å². The highest BCUT2D eigenvalue weighted by Crippen LogP contribution is 2.24. The number of primary sulfonamides is 1. The fourth-order valence-corrected chi connectivity index (χ4v) is 3.28. The Morgan fingerprint density at radius 1 is 1.30 bits per heavy atom. The van der Waals surface area contributed by atoms with E-state index in [2.05, 4.69) is 21.2 Å². The quantitative estimate of drug-likeness (QED) is 0.859. The largest absolute Gasteiger partial charge is 0.321 e. The van der Waals surface area contributed by atoms with Crippen LogP contribution < -0.4 is 10.5 Å². The van der Waals surface area contributed by atoms with Crippen molar-refractivity contribution < 1.29 is 17.6 Å². The molecular formula is C11H8BrFN2O3S2. The van der Waals surface area contributed by atoms with Crippen LogP contribution in [0.4, 0.5) is 10.1 Å². The summed E-state index contributed by atoms with van der Waals surface area (Å²) in [5.74, 6) is -1.27. The minimum absolute atomic E-state index is 0.0172. The molecule has 0 aliphatic carbocycles. The van der Waals surface area contributed by atoms with Crippen molar-refractivity contribution in [1.82, 2.24) is 0 Å². The number of carbonyl (C=O) groups excluding carboxylic acids is 1. The number of thiophene rings is 1. The van der Waals surface area contributed by atoms with Crippen molar-refractivity contribution in [3.63, 3.8) is 0 Å². The second-order valence-electron chi connectivity index (χ2n) is 3.78. The lowest BCUT2D eigenvalue weighted by Crippen LogP contribution is -2.14. The smallest absolute Gasteiger partial charge is 0.265 e. The van der Waals surface area contributed by atoms with E-state index in [4.69, 9.17) is 5.14 Å². The van der Waals surface area contributed by atoms with E-state index in [1.54, 1.807) is 12.1 Å². The molecule has 9 heteroatoms. The molecule has 0 bridgehead atoms. The monoisotopic (exact) mass is 378 g/mol. The first kappa shape index (κ1) is 15.1. The van der Waals surface area contributed by atoms with Crippen LogP contribution in [0.3, 0.4) is 0 Å². The number of hydrogen-bond donors (Lipinski definition) is 2. The molecule has 2 aromatic rings. The van der Waals surface area contributed by atoms with Gasteiger partial charge in [0.1, 0.15) is 5.82 Å². The molecule has 0 atom stereocenters. The molecule has 106 valence electrons. The number of benzene rings is 1. The number of nitrogens with one attached hydrogen (secondary N) is 1. The van der Waals surface area contributed by atoms with Gasteiger partial charge in [-0.3, -0.25) is 4.79 Å². The van der Waals surface area contributed by atoms with Crippen LogP contribution in [0.1, 0.15) is 9.67 Å². The van der Waals surface area contributed by atoms with Gasteiger partial charge in [0.2, 0.25) is 10.0 Å². The van der Waals surface area contributed by atoms with Crippen molar-refractivity contribution in [2.45, 2.75) is 4.90 Å². The predicted molar refractivity (Wildman–Crippen MR) is 77.7 cm³/mol. The van der Waals surface area contributed by atoms with Crippen LogP contribution in [-0.4, -0.2) is 14.3 Å². The summed E-state index contributed by atoms with van der Waals surface area (Å²) in [4.78, 5) is 11.9. The third kappa shape index (κ3) is 3.63. The van der Waals surface area contributed by atoms with Gasteiger partial charge in [-0.1, -0.05) is 0 Å². The van der Waals surface area contributed by atoms with E-state index in [0.29, 0.717) is 4.88 Å². The van der Waals surface area contributed by atoms with Crippen molar-refractivity contribution in [3.8, 4) is 0 Å². The van der Waals surface area contributed by atoms with Crippen LogP contribution in [0.2, 0.25) is 0 Å². The fraction of sp³-hybridized carbons (Fsp3) is 0. The molecule has 0 aliphatic heterocycles. The standard InChI is InChI=1S/C11H8BrFN2O3S2/c12-10-2-1-9(19-10)11(16)15-7-3-6(13)4-8(5-7)20(14,17)18/h1-5H,(H,15,16)(H2,14,17,18). The highest BCUT2D eigenvalue weighted by atomic mass is 79.9. The van der Waals surface area contributed by atoms with Gasteiger partial charge in [0.15, 0.2) is 0 Å². The highest BCUT2D eigenvalue weighted by Gasteiger charge is 2.14. The van der Waals surface area contributed by atoms with Crippen LogP contribution >= 0.6 is 27.3 Å². The van der Waals surface area contributed by atoms with E-state index >= 15 is 0 Å². The molecule has 20 heavy (non-hydrogen) atoms. The van der Waals surface area contributed by atoms with E-state index in [9.17, 15) is 17.6 Å². The minimum atomic E-state index is -4.04.